The van der Waals surface area contributed by atoms with Gasteiger partial charge in [-0.15, -0.1) is 0 Å². The first kappa shape index (κ1) is 13.7. The van der Waals surface area contributed by atoms with E-state index in [1.165, 1.54) is 13.0 Å². The smallest absolute Gasteiger partial charge is 0.296 e. The van der Waals surface area contributed by atoms with E-state index in [-0.39, 0.29) is 5.69 Å². The summed E-state index contributed by atoms with van der Waals surface area (Å²) in [5.74, 6) is -2.83. The molecule has 0 aliphatic carbocycles. The number of aryl methyl sites for hydroxylation is 1. The number of nitro benzene ring substituents is 1. The van der Waals surface area contributed by atoms with E-state index in [2.05, 4.69) is 9.97 Å². The number of nitro groups is 1. The van der Waals surface area contributed by atoms with Crippen LogP contribution < -0.4 is 0 Å². The summed E-state index contributed by atoms with van der Waals surface area (Å²) < 4.78 is 27.7. The summed E-state index contributed by atoms with van der Waals surface area (Å²) in [5, 5.41) is 10.7. The minimum absolute atomic E-state index is 0.0715. The van der Waals surface area contributed by atoms with Crippen LogP contribution >= 0.6 is 0 Å². The summed E-state index contributed by atoms with van der Waals surface area (Å²) in [4.78, 5) is 27.8. The molecule has 0 spiro atoms. The fraction of sp³-hybridized carbons (Fsp3) is 0.0833. The summed E-state index contributed by atoms with van der Waals surface area (Å²) in [6.07, 6.45) is 0.394. The third-order valence-corrected chi connectivity index (χ3v) is 2.49. The molecule has 0 saturated heterocycles. The Bertz CT molecular complexity index is 719. The molecule has 20 heavy (non-hydrogen) atoms. The van der Waals surface area contributed by atoms with Gasteiger partial charge in [-0.3, -0.25) is 14.9 Å². The third kappa shape index (κ3) is 2.35. The number of carbonyl (C=O) groups excluding carboxylic acids is 1. The molecule has 0 unspecified atom stereocenters. The van der Waals surface area contributed by atoms with Crippen molar-refractivity contribution in [1.82, 2.24) is 9.97 Å². The lowest BCUT2D eigenvalue weighted by Crippen LogP contribution is -2.03. The number of aromatic nitrogens is 2. The maximum atomic E-state index is 14.0. The number of hydrogen-bond acceptors (Lipinski definition) is 5. The SMILES string of the molecule is Cc1cc(C=O)nc(-c2c(F)ccc([N+](=O)[O-])c2F)n1. The van der Waals surface area contributed by atoms with Crippen LogP contribution in [0.3, 0.4) is 0 Å². The Morgan fingerprint density at radius 1 is 1.30 bits per heavy atom. The van der Waals surface area contributed by atoms with Gasteiger partial charge in [-0.25, -0.2) is 14.4 Å². The Morgan fingerprint density at radius 3 is 2.60 bits per heavy atom. The Morgan fingerprint density at radius 2 is 2.00 bits per heavy atom. The molecule has 1 heterocycles. The van der Waals surface area contributed by atoms with Crippen molar-refractivity contribution >= 4 is 12.0 Å². The van der Waals surface area contributed by atoms with Crippen LogP contribution in [0.1, 0.15) is 16.2 Å². The zero-order valence-corrected chi connectivity index (χ0v) is 10.1. The monoisotopic (exact) mass is 279 g/mol. The Labute approximate surface area is 111 Å². The van der Waals surface area contributed by atoms with E-state index in [9.17, 15) is 23.7 Å². The van der Waals surface area contributed by atoms with Gasteiger partial charge in [0, 0.05) is 11.8 Å². The van der Waals surface area contributed by atoms with E-state index < -0.39 is 33.6 Å². The van der Waals surface area contributed by atoms with E-state index in [0.29, 0.717) is 18.0 Å². The highest BCUT2D eigenvalue weighted by molar-refractivity contribution is 5.73. The highest BCUT2D eigenvalue weighted by Crippen LogP contribution is 2.29. The second-order valence-corrected chi connectivity index (χ2v) is 3.89. The van der Waals surface area contributed by atoms with Gasteiger partial charge in [0.05, 0.1) is 10.5 Å². The average molecular weight is 279 g/mol. The lowest BCUT2D eigenvalue weighted by molar-refractivity contribution is -0.387. The summed E-state index contributed by atoms with van der Waals surface area (Å²) in [5.41, 5.74) is -1.38. The lowest BCUT2D eigenvalue weighted by atomic mass is 10.1. The molecule has 0 atom stereocenters. The summed E-state index contributed by atoms with van der Waals surface area (Å²) >= 11 is 0. The molecule has 1 aromatic heterocycles. The van der Waals surface area contributed by atoms with Gasteiger partial charge in [0.15, 0.2) is 12.1 Å². The normalized spacial score (nSPS) is 10.3. The zero-order valence-electron chi connectivity index (χ0n) is 10.1. The predicted octanol–water partition coefficient (Wildman–Crippen LogP) is 2.45. The maximum Gasteiger partial charge on any atom is 0.305 e. The second kappa shape index (κ2) is 5.08. The van der Waals surface area contributed by atoms with E-state index >= 15 is 0 Å². The van der Waals surface area contributed by atoms with E-state index in [0.717, 1.165) is 6.07 Å². The van der Waals surface area contributed by atoms with Crippen molar-refractivity contribution in [2.45, 2.75) is 6.92 Å². The van der Waals surface area contributed by atoms with Gasteiger partial charge in [0.2, 0.25) is 5.82 Å². The van der Waals surface area contributed by atoms with Gasteiger partial charge >= 0.3 is 5.69 Å². The van der Waals surface area contributed by atoms with Crippen LogP contribution in [0.5, 0.6) is 0 Å². The predicted molar refractivity (Wildman–Crippen MR) is 64.2 cm³/mol. The molecule has 0 aliphatic rings. The fourth-order valence-electron chi connectivity index (χ4n) is 1.65. The van der Waals surface area contributed by atoms with Crippen LogP contribution in [0.2, 0.25) is 0 Å². The largest absolute Gasteiger partial charge is 0.305 e. The van der Waals surface area contributed by atoms with Gasteiger partial charge in [-0.05, 0) is 19.1 Å². The van der Waals surface area contributed by atoms with E-state index in [1.807, 2.05) is 0 Å². The minimum atomic E-state index is -1.38. The van der Waals surface area contributed by atoms with Crippen molar-refractivity contribution < 1.29 is 18.5 Å². The van der Waals surface area contributed by atoms with Gasteiger partial charge < -0.3 is 0 Å². The third-order valence-electron chi connectivity index (χ3n) is 2.49. The molecule has 0 saturated carbocycles. The molecule has 6 nitrogen and oxygen atoms in total. The van der Waals surface area contributed by atoms with Gasteiger partial charge in [-0.1, -0.05) is 0 Å². The maximum absolute atomic E-state index is 14.0. The van der Waals surface area contributed by atoms with Crippen molar-refractivity contribution in [2.75, 3.05) is 0 Å². The summed E-state index contributed by atoms with van der Waals surface area (Å²) in [7, 11) is 0. The first-order valence-electron chi connectivity index (χ1n) is 5.37. The summed E-state index contributed by atoms with van der Waals surface area (Å²) in [6, 6.07) is 2.79. The lowest BCUT2D eigenvalue weighted by Gasteiger charge is -2.05. The molecular formula is C12H7F2N3O3. The summed E-state index contributed by atoms with van der Waals surface area (Å²) in [6.45, 7) is 1.51. The highest BCUT2D eigenvalue weighted by Gasteiger charge is 2.24. The van der Waals surface area contributed by atoms with Gasteiger partial charge in [0.25, 0.3) is 0 Å². The van der Waals surface area contributed by atoms with Crippen molar-refractivity contribution in [3.8, 4) is 11.4 Å². The van der Waals surface area contributed by atoms with Crippen LogP contribution in [0.4, 0.5) is 14.5 Å². The topological polar surface area (TPSA) is 86.0 Å². The number of aldehydes is 1. The van der Waals surface area contributed by atoms with Crippen LogP contribution in [0, 0.1) is 28.7 Å². The molecule has 0 bridgehead atoms. The minimum Gasteiger partial charge on any atom is -0.296 e. The van der Waals surface area contributed by atoms with E-state index in [1.54, 1.807) is 0 Å². The molecule has 8 heteroatoms. The molecule has 1 aromatic carbocycles. The Hall–Kier alpha value is -2.77. The molecule has 0 aliphatic heterocycles. The molecule has 0 fully saturated rings. The fourth-order valence-corrected chi connectivity index (χ4v) is 1.65. The van der Waals surface area contributed by atoms with Crippen molar-refractivity contribution in [3.63, 3.8) is 0 Å². The average Bonchev–Trinajstić information content (AvgIpc) is 2.37. The number of nitrogens with zero attached hydrogens (tertiary/aromatic N) is 3. The second-order valence-electron chi connectivity index (χ2n) is 3.89. The quantitative estimate of drug-likeness (QED) is 0.489. The standard InChI is InChI=1S/C12H7F2N3O3/c1-6-4-7(5-18)16-12(15-6)10-8(13)2-3-9(11(10)14)17(19)20/h2-5H,1H3. The first-order valence-corrected chi connectivity index (χ1v) is 5.37. The number of rotatable bonds is 3. The van der Waals surface area contributed by atoms with Crippen LogP contribution in [0.25, 0.3) is 11.4 Å². The molecule has 0 N–H and O–H groups in total. The van der Waals surface area contributed by atoms with E-state index in [4.69, 9.17) is 0 Å². The molecule has 0 radical (unpaired) electrons. The molecule has 2 aromatic rings. The van der Waals surface area contributed by atoms with Crippen molar-refractivity contribution in [3.05, 3.63) is 51.3 Å². The number of hydrogen-bond donors (Lipinski definition) is 0. The molecule has 102 valence electrons. The van der Waals surface area contributed by atoms with Crippen LogP contribution in [-0.4, -0.2) is 21.2 Å². The Balaban J connectivity index is 2.75. The van der Waals surface area contributed by atoms with Crippen molar-refractivity contribution in [2.24, 2.45) is 0 Å². The molecule has 2 rings (SSSR count). The number of carbonyl (C=O) groups is 1. The zero-order chi connectivity index (χ0) is 14.9. The van der Waals surface area contributed by atoms with Crippen LogP contribution in [0.15, 0.2) is 18.2 Å². The highest BCUT2D eigenvalue weighted by atomic mass is 19.1. The van der Waals surface area contributed by atoms with Gasteiger partial charge in [-0.2, -0.15) is 4.39 Å². The number of benzene rings is 1. The number of halogens is 2. The van der Waals surface area contributed by atoms with Gasteiger partial charge in [0.1, 0.15) is 11.5 Å². The molecule has 0 amide bonds. The van der Waals surface area contributed by atoms with Crippen molar-refractivity contribution in [1.29, 1.82) is 0 Å². The van der Waals surface area contributed by atoms with Crippen LogP contribution in [-0.2, 0) is 0 Å². The first-order chi connectivity index (χ1) is 9.43. The molecular weight excluding hydrogens is 272 g/mol. The Kier molecular flexibility index (Phi) is 3.47.